The third-order valence-electron chi connectivity index (χ3n) is 4.61. The molecule has 3 aromatic rings. The van der Waals surface area contributed by atoms with E-state index in [4.69, 9.17) is 10.5 Å². The smallest absolute Gasteiger partial charge is 0.260 e. The van der Waals surface area contributed by atoms with Gasteiger partial charge in [-0.3, -0.25) is 19.3 Å². The minimum absolute atomic E-state index is 0.135. The molecule has 1 heterocycles. The number of nitrogens with one attached hydrogen (secondary N) is 1. The lowest BCUT2D eigenvalue weighted by molar-refractivity contribution is -0.120. The molecule has 0 saturated carbocycles. The summed E-state index contributed by atoms with van der Waals surface area (Å²) >= 11 is 0. The second-order valence-corrected chi connectivity index (χ2v) is 6.69. The Kier molecular flexibility index (Phi) is 5.13. The molecule has 0 aliphatic carbocycles. The van der Waals surface area contributed by atoms with Gasteiger partial charge in [0.25, 0.3) is 17.7 Å². The van der Waals surface area contributed by atoms with Gasteiger partial charge in [-0.1, -0.05) is 24.3 Å². The van der Waals surface area contributed by atoms with E-state index >= 15 is 0 Å². The molecule has 1 aliphatic rings. The van der Waals surface area contributed by atoms with Crippen LogP contribution in [0.2, 0.25) is 0 Å². The van der Waals surface area contributed by atoms with Gasteiger partial charge in [-0.05, 0) is 47.3 Å². The minimum Gasteiger partial charge on any atom is -0.484 e. The SMILES string of the molecule is NC(=O)COc1ccc(/C=N/NC(=O)CN2C(=O)c3cccc4cccc2c34)cc1. The van der Waals surface area contributed by atoms with Gasteiger partial charge in [-0.15, -0.1) is 0 Å². The summed E-state index contributed by atoms with van der Waals surface area (Å²) in [5.41, 5.74) is 9.50. The summed E-state index contributed by atoms with van der Waals surface area (Å²) in [5, 5.41) is 5.75. The number of carbonyl (C=O) groups is 3. The van der Waals surface area contributed by atoms with Gasteiger partial charge in [-0.25, -0.2) is 5.43 Å². The molecule has 0 atom stereocenters. The lowest BCUT2D eigenvalue weighted by Gasteiger charge is -2.16. The number of ether oxygens (including phenoxy) is 1. The lowest BCUT2D eigenvalue weighted by Crippen LogP contribution is -2.37. The molecule has 3 aromatic carbocycles. The predicted octanol–water partition coefficient (Wildman–Crippen LogP) is 1.81. The van der Waals surface area contributed by atoms with Gasteiger partial charge in [-0.2, -0.15) is 5.10 Å². The fourth-order valence-electron chi connectivity index (χ4n) is 3.30. The minimum atomic E-state index is -0.556. The first-order valence-corrected chi connectivity index (χ1v) is 9.19. The van der Waals surface area contributed by atoms with Crippen molar-refractivity contribution in [1.82, 2.24) is 5.43 Å². The first kappa shape index (κ1) is 19.1. The number of hydrazone groups is 1. The molecule has 0 unspecified atom stereocenters. The maximum absolute atomic E-state index is 12.7. The van der Waals surface area contributed by atoms with Crippen LogP contribution < -0.4 is 20.8 Å². The average Bonchev–Trinajstić information content (AvgIpc) is 3.01. The van der Waals surface area contributed by atoms with Crippen molar-refractivity contribution in [2.45, 2.75) is 0 Å². The number of rotatable bonds is 7. The van der Waals surface area contributed by atoms with E-state index < -0.39 is 11.8 Å². The highest BCUT2D eigenvalue weighted by Crippen LogP contribution is 2.36. The van der Waals surface area contributed by atoms with Crippen LogP contribution in [0.1, 0.15) is 15.9 Å². The Hall–Kier alpha value is -4.20. The fraction of sp³-hybridized carbons (Fsp3) is 0.0909. The highest BCUT2D eigenvalue weighted by Gasteiger charge is 2.30. The molecule has 4 rings (SSSR count). The number of hydrogen-bond acceptors (Lipinski definition) is 5. The van der Waals surface area contributed by atoms with Gasteiger partial charge in [0.2, 0.25) is 0 Å². The van der Waals surface area contributed by atoms with Crippen molar-refractivity contribution in [1.29, 1.82) is 0 Å². The molecule has 30 heavy (non-hydrogen) atoms. The predicted molar refractivity (Wildman–Crippen MR) is 112 cm³/mol. The molecule has 3 amide bonds. The topological polar surface area (TPSA) is 114 Å². The number of hydrogen-bond donors (Lipinski definition) is 2. The molecule has 0 bridgehead atoms. The summed E-state index contributed by atoms with van der Waals surface area (Å²) in [7, 11) is 0. The van der Waals surface area contributed by atoms with Crippen molar-refractivity contribution in [2.24, 2.45) is 10.8 Å². The Morgan fingerprint density at radius 3 is 2.53 bits per heavy atom. The maximum Gasteiger partial charge on any atom is 0.260 e. The molecule has 0 saturated heterocycles. The number of anilines is 1. The third-order valence-corrected chi connectivity index (χ3v) is 4.61. The summed E-state index contributed by atoms with van der Waals surface area (Å²) in [6.07, 6.45) is 1.47. The van der Waals surface area contributed by atoms with Crippen molar-refractivity contribution < 1.29 is 19.1 Å². The first-order chi connectivity index (χ1) is 14.5. The third kappa shape index (κ3) is 3.83. The molecule has 0 radical (unpaired) electrons. The molecule has 0 fully saturated rings. The van der Waals surface area contributed by atoms with Crippen LogP contribution >= 0.6 is 0 Å². The molecule has 3 N–H and O–H groups in total. The van der Waals surface area contributed by atoms with E-state index in [1.807, 2.05) is 30.3 Å². The van der Waals surface area contributed by atoms with Crippen LogP contribution in [-0.4, -0.2) is 37.1 Å². The molecule has 1 aliphatic heterocycles. The van der Waals surface area contributed by atoms with Crippen molar-refractivity contribution in [2.75, 3.05) is 18.1 Å². The number of nitrogens with zero attached hydrogens (tertiary/aromatic N) is 2. The normalized spacial score (nSPS) is 12.5. The second kappa shape index (κ2) is 8.04. The second-order valence-electron chi connectivity index (χ2n) is 6.69. The van der Waals surface area contributed by atoms with Gasteiger partial charge in [0.1, 0.15) is 12.3 Å². The summed E-state index contributed by atoms with van der Waals surface area (Å²) in [6.45, 7) is -0.333. The summed E-state index contributed by atoms with van der Waals surface area (Å²) < 4.78 is 5.17. The Labute approximate surface area is 171 Å². The van der Waals surface area contributed by atoms with E-state index in [2.05, 4.69) is 10.5 Å². The fourth-order valence-corrected chi connectivity index (χ4v) is 3.30. The van der Waals surface area contributed by atoms with E-state index in [1.165, 1.54) is 11.1 Å². The monoisotopic (exact) mass is 402 g/mol. The van der Waals surface area contributed by atoms with Crippen molar-refractivity contribution in [3.8, 4) is 5.75 Å². The van der Waals surface area contributed by atoms with Gasteiger partial charge < -0.3 is 10.5 Å². The highest BCUT2D eigenvalue weighted by atomic mass is 16.5. The quantitative estimate of drug-likeness (QED) is 0.463. The van der Waals surface area contributed by atoms with E-state index in [0.29, 0.717) is 11.3 Å². The molecule has 8 nitrogen and oxygen atoms in total. The first-order valence-electron chi connectivity index (χ1n) is 9.19. The average molecular weight is 402 g/mol. The van der Waals surface area contributed by atoms with Gasteiger partial charge >= 0.3 is 0 Å². The van der Waals surface area contributed by atoms with Crippen LogP contribution in [0.5, 0.6) is 5.75 Å². The Morgan fingerprint density at radius 1 is 1.07 bits per heavy atom. The summed E-state index contributed by atoms with van der Waals surface area (Å²) in [4.78, 5) is 37.2. The Morgan fingerprint density at radius 2 is 1.80 bits per heavy atom. The lowest BCUT2D eigenvalue weighted by atomic mass is 10.1. The maximum atomic E-state index is 12.7. The Bertz CT molecular complexity index is 1170. The van der Waals surface area contributed by atoms with E-state index in [1.54, 1.807) is 30.3 Å². The molecule has 0 aromatic heterocycles. The molecule has 8 heteroatoms. The summed E-state index contributed by atoms with van der Waals surface area (Å²) in [6, 6.07) is 17.9. The largest absolute Gasteiger partial charge is 0.484 e. The van der Waals surface area contributed by atoms with Crippen molar-refractivity contribution in [3.05, 3.63) is 71.8 Å². The summed E-state index contributed by atoms with van der Waals surface area (Å²) in [5.74, 6) is -0.672. The zero-order chi connectivity index (χ0) is 21.1. The molecule has 150 valence electrons. The van der Waals surface area contributed by atoms with Gasteiger partial charge in [0, 0.05) is 10.9 Å². The number of benzene rings is 3. The standard InChI is InChI=1S/C22H18N4O4/c23-19(27)13-30-16-9-7-14(8-10-16)11-24-25-20(28)12-26-18-6-2-4-15-3-1-5-17(21(15)18)22(26)29/h1-11H,12-13H2,(H2,23,27)(H,25,28)/b24-11+. The van der Waals surface area contributed by atoms with Crippen LogP contribution in [0, 0.1) is 0 Å². The molecular formula is C22H18N4O4. The number of carbonyl (C=O) groups excluding carboxylic acids is 3. The molecule has 0 spiro atoms. The highest BCUT2D eigenvalue weighted by molar-refractivity contribution is 6.26. The zero-order valence-electron chi connectivity index (χ0n) is 15.9. The zero-order valence-corrected chi connectivity index (χ0v) is 15.9. The molecular weight excluding hydrogens is 384 g/mol. The van der Waals surface area contributed by atoms with E-state index in [-0.39, 0.29) is 19.1 Å². The van der Waals surface area contributed by atoms with Crippen LogP contribution in [0.4, 0.5) is 5.69 Å². The van der Waals surface area contributed by atoms with Crippen LogP contribution in [0.25, 0.3) is 10.8 Å². The number of nitrogens with two attached hydrogens (primary N) is 1. The van der Waals surface area contributed by atoms with E-state index in [9.17, 15) is 14.4 Å². The van der Waals surface area contributed by atoms with Crippen LogP contribution in [-0.2, 0) is 9.59 Å². The van der Waals surface area contributed by atoms with Crippen LogP contribution in [0.3, 0.4) is 0 Å². The number of amides is 3. The Balaban J connectivity index is 1.37. The van der Waals surface area contributed by atoms with Crippen LogP contribution in [0.15, 0.2) is 65.8 Å². The van der Waals surface area contributed by atoms with E-state index in [0.717, 1.165) is 22.0 Å². The van der Waals surface area contributed by atoms with Gasteiger partial charge in [0.05, 0.1) is 11.9 Å². The van der Waals surface area contributed by atoms with Crippen molar-refractivity contribution in [3.63, 3.8) is 0 Å². The number of primary amides is 1. The van der Waals surface area contributed by atoms with Gasteiger partial charge in [0.15, 0.2) is 6.61 Å². The van der Waals surface area contributed by atoms with Crippen molar-refractivity contribution >= 4 is 40.4 Å².